The van der Waals surface area contributed by atoms with Crippen molar-refractivity contribution in [3.63, 3.8) is 0 Å². The second kappa shape index (κ2) is 5.80. The van der Waals surface area contributed by atoms with E-state index in [9.17, 15) is 0 Å². The molecule has 4 heteroatoms. The third kappa shape index (κ3) is 3.19. The maximum Gasteiger partial charge on any atom is 0.122 e. The van der Waals surface area contributed by atoms with Gasteiger partial charge in [0, 0.05) is 12.6 Å². The van der Waals surface area contributed by atoms with E-state index < -0.39 is 0 Å². The number of hydrogen-bond donors (Lipinski definition) is 1. The Morgan fingerprint density at radius 1 is 1.16 bits per heavy atom. The summed E-state index contributed by atoms with van der Waals surface area (Å²) in [6.07, 6.45) is 1.17. The van der Waals surface area contributed by atoms with E-state index in [-0.39, 0.29) is 5.54 Å². The van der Waals surface area contributed by atoms with Crippen LogP contribution in [0.5, 0.6) is 11.5 Å². The average molecular weight is 264 g/mol. The third-order valence-electron chi connectivity index (χ3n) is 3.81. The van der Waals surface area contributed by atoms with Gasteiger partial charge in [-0.2, -0.15) is 0 Å². The van der Waals surface area contributed by atoms with Gasteiger partial charge < -0.3 is 19.7 Å². The number of benzene rings is 1. The minimum atomic E-state index is -0.0763. The molecule has 0 aliphatic carbocycles. The van der Waals surface area contributed by atoms with Crippen LogP contribution in [0.15, 0.2) is 18.2 Å². The number of methoxy groups -OCH3 is 2. The predicted molar refractivity (Wildman–Crippen MR) is 77.0 cm³/mol. The molecule has 1 aliphatic heterocycles. The van der Waals surface area contributed by atoms with Crippen molar-refractivity contribution < 1.29 is 9.47 Å². The van der Waals surface area contributed by atoms with Crippen LogP contribution in [0, 0.1) is 0 Å². The number of hydrogen-bond acceptors (Lipinski definition) is 4. The van der Waals surface area contributed by atoms with Gasteiger partial charge in [0.15, 0.2) is 0 Å². The first-order valence-electron chi connectivity index (χ1n) is 6.74. The quantitative estimate of drug-likeness (QED) is 0.903. The molecule has 1 heterocycles. The van der Waals surface area contributed by atoms with Crippen molar-refractivity contribution in [3.8, 4) is 11.5 Å². The van der Waals surface area contributed by atoms with Crippen molar-refractivity contribution in [2.45, 2.75) is 18.9 Å². The van der Waals surface area contributed by atoms with E-state index in [0.717, 1.165) is 31.1 Å². The van der Waals surface area contributed by atoms with Gasteiger partial charge in [0.2, 0.25) is 0 Å². The molecular weight excluding hydrogens is 240 g/mol. The smallest absolute Gasteiger partial charge is 0.122 e. The van der Waals surface area contributed by atoms with E-state index >= 15 is 0 Å². The van der Waals surface area contributed by atoms with Gasteiger partial charge in [0.1, 0.15) is 11.5 Å². The van der Waals surface area contributed by atoms with Gasteiger partial charge in [-0.3, -0.25) is 0 Å². The lowest BCUT2D eigenvalue weighted by Crippen LogP contribution is -2.45. The Labute approximate surface area is 115 Å². The maximum absolute atomic E-state index is 5.37. The van der Waals surface area contributed by atoms with Crippen LogP contribution >= 0.6 is 0 Å². The minimum Gasteiger partial charge on any atom is -0.497 e. The largest absolute Gasteiger partial charge is 0.497 e. The Hall–Kier alpha value is -1.26. The molecule has 0 aromatic heterocycles. The Kier molecular flexibility index (Phi) is 4.32. The van der Waals surface area contributed by atoms with Gasteiger partial charge >= 0.3 is 0 Å². The Morgan fingerprint density at radius 2 is 1.79 bits per heavy atom. The highest BCUT2D eigenvalue weighted by Gasteiger charge is 2.30. The molecule has 19 heavy (non-hydrogen) atoms. The molecule has 0 amide bonds. The molecule has 106 valence electrons. The van der Waals surface area contributed by atoms with Crippen LogP contribution in [-0.4, -0.2) is 45.8 Å². The Balaban J connectivity index is 2.37. The average Bonchev–Trinajstić information content (AvgIpc) is 2.60. The molecule has 0 bridgehead atoms. The summed E-state index contributed by atoms with van der Waals surface area (Å²) >= 11 is 0. The van der Waals surface area contributed by atoms with Crippen LogP contribution in [-0.2, 0) is 5.54 Å². The van der Waals surface area contributed by atoms with Crippen LogP contribution in [0.3, 0.4) is 0 Å². The summed E-state index contributed by atoms with van der Waals surface area (Å²) < 4.78 is 10.7. The molecule has 0 radical (unpaired) electrons. The molecule has 4 nitrogen and oxygen atoms in total. The summed E-state index contributed by atoms with van der Waals surface area (Å²) in [6.45, 7) is 5.37. The van der Waals surface area contributed by atoms with Crippen molar-refractivity contribution in [1.82, 2.24) is 10.2 Å². The first-order valence-corrected chi connectivity index (χ1v) is 6.74. The van der Waals surface area contributed by atoms with E-state index in [1.54, 1.807) is 14.2 Å². The van der Waals surface area contributed by atoms with Gasteiger partial charge in [0.25, 0.3) is 0 Å². The number of nitrogens with one attached hydrogen (secondary N) is 1. The van der Waals surface area contributed by atoms with Crippen LogP contribution in [0.2, 0.25) is 0 Å². The van der Waals surface area contributed by atoms with Crippen molar-refractivity contribution in [2.24, 2.45) is 0 Å². The van der Waals surface area contributed by atoms with Gasteiger partial charge in [-0.1, -0.05) is 0 Å². The maximum atomic E-state index is 5.37. The van der Waals surface area contributed by atoms with Crippen molar-refractivity contribution in [1.29, 1.82) is 0 Å². The fourth-order valence-electron chi connectivity index (χ4n) is 2.71. The molecule has 0 saturated carbocycles. The molecule has 1 aliphatic rings. The number of rotatable bonds is 3. The van der Waals surface area contributed by atoms with E-state index in [2.05, 4.69) is 36.3 Å². The lowest BCUT2D eigenvalue weighted by atomic mass is 9.91. The highest BCUT2D eigenvalue weighted by atomic mass is 16.5. The standard InChI is InChI=1S/C15H24N2O2/c1-15(11-17(2)7-5-6-16-15)12-8-13(18-3)10-14(9-12)19-4/h8-10,16H,5-7,11H2,1-4H3. The molecule has 1 fully saturated rings. The summed E-state index contributed by atoms with van der Waals surface area (Å²) in [4.78, 5) is 2.37. The molecule has 1 atom stereocenters. The van der Waals surface area contributed by atoms with Crippen LogP contribution in [0.25, 0.3) is 0 Å². The normalized spacial score (nSPS) is 24.8. The number of ether oxygens (including phenoxy) is 2. The van der Waals surface area contributed by atoms with Gasteiger partial charge in [-0.05, 0) is 51.2 Å². The highest BCUT2D eigenvalue weighted by molar-refractivity contribution is 5.41. The zero-order chi connectivity index (χ0) is 13.9. The van der Waals surface area contributed by atoms with Crippen LogP contribution in [0.1, 0.15) is 18.9 Å². The van der Waals surface area contributed by atoms with Crippen molar-refractivity contribution >= 4 is 0 Å². The van der Waals surface area contributed by atoms with Crippen LogP contribution < -0.4 is 14.8 Å². The monoisotopic (exact) mass is 264 g/mol. The first-order chi connectivity index (χ1) is 9.07. The number of nitrogens with zero attached hydrogens (tertiary/aromatic N) is 1. The van der Waals surface area contributed by atoms with Gasteiger partial charge in [-0.15, -0.1) is 0 Å². The summed E-state index contributed by atoms with van der Waals surface area (Å²) in [7, 11) is 5.55. The fraction of sp³-hybridized carbons (Fsp3) is 0.600. The Morgan fingerprint density at radius 3 is 2.37 bits per heavy atom. The Bertz CT molecular complexity index is 414. The lowest BCUT2D eigenvalue weighted by Gasteiger charge is -2.33. The van der Waals surface area contributed by atoms with E-state index in [0.29, 0.717) is 0 Å². The predicted octanol–water partition coefficient (Wildman–Crippen LogP) is 1.84. The molecule has 1 N–H and O–H groups in total. The van der Waals surface area contributed by atoms with E-state index in [1.165, 1.54) is 12.0 Å². The van der Waals surface area contributed by atoms with Crippen molar-refractivity contribution in [2.75, 3.05) is 40.9 Å². The first kappa shape index (κ1) is 14.2. The molecule has 1 unspecified atom stereocenters. The summed E-state index contributed by atoms with van der Waals surface area (Å²) in [5.74, 6) is 1.67. The zero-order valence-electron chi connectivity index (χ0n) is 12.3. The molecule has 0 spiro atoms. The molecule has 2 rings (SSSR count). The summed E-state index contributed by atoms with van der Waals surface area (Å²) in [5, 5.41) is 3.65. The van der Waals surface area contributed by atoms with Crippen LogP contribution in [0.4, 0.5) is 0 Å². The summed E-state index contributed by atoms with van der Waals surface area (Å²) in [5.41, 5.74) is 1.13. The second-order valence-electron chi connectivity index (χ2n) is 5.45. The topological polar surface area (TPSA) is 33.7 Å². The van der Waals surface area contributed by atoms with Crippen molar-refractivity contribution in [3.05, 3.63) is 23.8 Å². The van der Waals surface area contributed by atoms with Gasteiger partial charge in [-0.25, -0.2) is 0 Å². The zero-order valence-corrected chi connectivity index (χ0v) is 12.3. The molecular formula is C15H24N2O2. The van der Waals surface area contributed by atoms with E-state index in [1.807, 2.05) is 6.07 Å². The minimum absolute atomic E-state index is 0.0763. The molecule has 1 aromatic carbocycles. The van der Waals surface area contributed by atoms with E-state index in [4.69, 9.17) is 9.47 Å². The highest BCUT2D eigenvalue weighted by Crippen LogP contribution is 2.31. The third-order valence-corrected chi connectivity index (χ3v) is 3.81. The SMILES string of the molecule is COc1cc(OC)cc(C2(C)CN(C)CCCN2)c1. The summed E-state index contributed by atoms with van der Waals surface area (Å²) in [6, 6.07) is 6.09. The number of likely N-dealkylation sites (N-methyl/N-ethyl adjacent to an activating group) is 1. The van der Waals surface area contributed by atoms with Gasteiger partial charge in [0.05, 0.1) is 19.8 Å². The molecule has 1 aromatic rings. The lowest BCUT2D eigenvalue weighted by molar-refractivity contribution is 0.258. The second-order valence-corrected chi connectivity index (χ2v) is 5.45. The molecule has 1 saturated heterocycles. The fourth-order valence-corrected chi connectivity index (χ4v) is 2.71.